The van der Waals surface area contributed by atoms with Gasteiger partial charge in [0.05, 0.1) is 5.52 Å². The summed E-state index contributed by atoms with van der Waals surface area (Å²) in [5.74, 6) is 1.04. The highest BCUT2D eigenvalue weighted by Gasteiger charge is 2.29. The number of piperazine rings is 1. The Balaban J connectivity index is 1.47. The summed E-state index contributed by atoms with van der Waals surface area (Å²) in [6.45, 7) is 1.12. The number of hydrogen-bond donors (Lipinski definition) is 1. The molecule has 1 N–H and O–H groups in total. The first-order chi connectivity index (χ1) is 17.5. The van der Waals surface area contributed by atoms with Gasteiger partial charge in [0.15, 0.2) is 5.82 Å². The fourth-order valence-corrected chi connectivity index (χ4v) is 4.99. The topological polar surface area (TPSA) is 103 Å². The van der Waals surface area contributed by atoms with Crippen LogP contribution >= 0.6 is 11.6 Å². The summed E-state index contributed by atoms with van der Waals surface area (Å²) in [6.07, 6.45) is 3.18. The van der Waals surface area contributed by atoms with E-state index in [0.717, 1.165) is 45.9 Å². The molecule has 2 aliphatic rings. The van der Waals surface area contributed by atoms with Crippen LogP contribution in [0.3, 0.4) is 0 Å². The maximum Gasteiger partial charge on any atom is 0.407 e. The molecule has 0 aliphatic carbocycles. The molecule has 2 aliphatic heterocycles. The number of carboxylic acid groups (broad SMARTS) is 1. The van der Waals surface area contributed by atoms with Gasteiger partial charge in [0.2, 0.25) is 5.91 Å². The molecule has 4 aromatic rings. The molecule has 1 saturated heterocycles. The smallest absolute Gasteiger partial charge is 0.407 e. The molecule has 2 aromatic heterocycles. The van der Waals surface area contributed by atoms with Crippen molar-refractivity contribution < 1.29 is 14.7 Å². The Bertz CT molecular complexity index is 1510. The third kappa shape index (κ3) is 3.87. The molecule has 0 spiro atoms. The van der Waals surface area contributed by atoms with E-state index >= 15 is 0 Å². The van der Waals surface area contributed by atoms with E-state index in [0.29, 0.717) is 22.1 Å². The molecule has 2 aromatic carbocycles. The van der Waals surface area contributed by atoms with Crippen molar-refractivity contribution in [3.8, 4) is 11.4 Å². The van der Waals surface area contributed by atoms with Gasteiger partial charge >= 0.3 is 6.09 Å². The highest BCUT2D eigenvalue weighted by molar-refractivity contribution is 6.30. The van der Waals surface area contributed by atoms with Crippen LogP contribution in [0, 0.1) is 0 Å². The third-order valence-electron chi connectivity index (χ3n) is 6.58. The lowest BCUT2D eigenvalue weighted by molar-refractivity contribution is -0.120. The molecule has 2 amide bonds. The average Bonchev–Trinajstić information content (AvgIpc) is 3.31. The molecular formula is C26H21ClN6O3. The lowest BCUT2D eigenvalue weighted by atomic mass is 10.1. The minimum Gasteiger partial charge on any atom is -0.465 e. The second-order valence-corrected chi connectivity index (χ2v) is 9.17. The zero-order valence-corrected chi connectivity index (χ0v) is 19.9. The second kappa shape index (κ2) is 8.76. The largest absolute Gasteiger partial charge is 0.465 e. The van der Waals surface area contributed by atoms with Gasteiger partial charge in [0.1, 0.15) is 12.4 Å². The summed E-state index contributed by atoms with van der Waals surface area (Å²) in [5, 5.41) is 10.8. The van der Waals surface area contributed by atoms with Gasteiger partial charge in [-0.05, 0) is 60.5 Å². The Labute approximate surface area is 211 Å². The number of halogens is 1. The van der Waals surface area contributed by atoms with Crippen molar-refractivity contribution in [2.45, 2.75) is 6.42 Å². The van der Waals surface area contributed by atoms with Crippen LogP contribution in [-0.2, 0) is 11.2 Å². The predicted molar refractivity (Wildman–Crippen MR) is 137 cm³/mol. The van der Waals surface area contributed by atoms with Crippen molar-refractivity contribution in [1.82, 2.24) is 19.9 Å². The number of amides is 2. The van der Waals surface area contributed by atoms with Crippen molar-refractivity contribution in [1.29, 1.82) is 0 Å². The number of pyridine rings is 1. The Morgan fingerprint density at radius 3 is 2.67 bits per heavy atom. The van der Waals surface area contributed by atoms with Gasteiger partial charge in [0, 0.05) is 59.4 Å². The fourth-order valence-electron chi connectivity index (χ4n) is 4.80. The number of carbonyl (C=O) groups excluding carboxylic acids is 1. The minimum absolute atomic E-state index is 0.170. The third-order valence-corrected chi connectivity index (χ3v) is 6.81. The Kier molecular flexibility index (Phi) is 5.41. The molecule has 0 saturated carbocycles. The molecular weight excluding hydrogens is 480 g/mol. The van der Waals surface area contributed by atoms with Crippen molar-refractivity contribution in [3.05, 3.63) is 71.5 Å². The Morgan fingerprint density at radius 1 is 1.00 bits per heavy atom. The molecule has 36 heavy (non-hydrogen) atoms. The highest BCUT2D eigenvalue weighted by Crippen LogP contribution is 2.39. The van der Waals surface area contributed by atoms with Crippen LogP contribution in [0.4, 0.5) is 22.0 Å². The number of carbonyl (C=O) groups is 2. The highest BCUT2D eigenvalue weighted by atomic mass is 35.5. The Hall–Kier alpha value is -4.24. The summed E-state index contributed by atoms with van der Waals surface area (Å²) in [4.78, 5) is 42.9. The normalized spacial score (nSPS) is 15.5. The van der Waals surface area contributed by atoms with Crippen LogP contribution in [0.15, 0.2) is 60.9 Å². The summed E-state index contributed by atoms with van der Waals surface area (Å²) in [5.41, 5.74) is 4.36. The van der Waals surface area contributed by atoms with Gasteiger partial charge in [0.25, 0.3) is 0 Å². The van der Waals surface area contributed by atoms with Gasteiger partial charge < -0.3 is 14.9 Å². The van der Waals surface area contributed by atoms with E-state index < -0.39 is 6.09 Å². The van der Waals surface area contributed by atoms with E-state index in [1.807, 2.05) is 48.5 Å². The molecule has 4 heterocycles. The van der Waals surface area contributed by atoms with Gasteiger partial charge in [-0.25, -0.2) is 14.8 Å². The van der Waals surface area contributed by atoms with Crippen LogP contribution in [0.5, 0.6) is 0 Å². The molecule has 180 valence electrons. The first kappa shape index (κ1) is 22.2. The SMILES string of the molecule is O=C(O)N1CCN(c2ccc3c(N4CCc5cc(Cl)ccc54)nc(-c4cccnc4)nc3c2)C(=O)C1. The van der Waals surface area contributed by atoms with Crippen molar-refractivity contribution in [3.63, 3.8) is 0 Å². The number of nitrogens with zero attached hydrogens (tertiary/aromatic N) is 6. The molecule has 10 heteroatoms. The van der Waals surface area contributed by atoms with Crippen molar-refractivity contribution in [2.24, 2.45) is 0 Å². The van der Waals surface area contributed by atoms with E-state index in [1.54, 1.807) is 17.3 Å². The number of fused-ring (bicyclic) bond motifs is 2. The molecule has 9 nitrogen and oxygen atoms in total. The van der Waals surface area contributed by atoms with E-state index in [1.165, 1.54) is 0 Å². The van der Waals surface area contributed by atoms with E-state index in [4.69, 9.17) is 21.6 Å². The molecule has 0 radical (unpaired) electrons. The van der Waals surface area contributed by atoms with Crippen molar-refractivity contribution >= 4 is 51.7 Å². The van der Waals surface area contributed by atoms with Crippen LogP contribution in [0.2, 0.25) is 5.02 Å². The quantitative estimate of drug-likeness (QED) is 0.445. The summed E-state index contributed by atoms with van der Waals surface area (Å²) < 4.78 is 0. The van der Waals surface area contributed by atoms with Gasteiger partial charge in [-0.3, -0.25) is 14.7 Å². The van der Waals surface area contributed by atoms with Crippen LogP contribution in [0.25, 0.3) is 22.3 Å². The molecule has 0 bridgehead atoms. The van der Waals surface area contributed by atoms with Gasteiger partial charge in [-0.15, -0.1) is 0 Å². The van der Waals surface area contributed by atoms with Crippen molar-refractivity contribution in [2.75, 3.05) is 36.0 Å². The van der Waals surface area contributed by atoms with Gasteiger partial charge in [-0.2, -0.15) is 0 Å². The van der Waals surface area contributed by atoms with Crippen LogP contribution in [-0.4, -0.2) is 63.1 Å². The monoisotopic (exact) mass is 500 g/mol. The first-order valence-electron chi connectivity index (χ1n) is 11.5. The number of rotatable bonds is 3. The molecule has 6 rings (SSSR count). The molecule has 1 fully saturated rings. The second-order valence-electron chi connectivity index (χ2n) is 8.74. The number of benzene rings is 2. The van der Waals surface area contributed by atoms with Gasteiger partial charge in [-0.1, -0.05) is 11.6 Å². The summed E-state index contributed by atoms with van der Waals surface area (Å²) >= 11 is 6.23. The predicted octanol–water partition coefficient (Wildman–Crippen LogP) is 4.37. The van der Waals surface area contributed by atoms with Crippen LogP contribution in [0.1, 0.15) is 5.56 Å². The van der Waals surface area contributed by atoms with E-state index in [2.05, 4.69) is 9.88 Å². The fraction of sp³-hybridized carbons (Fsp3) is 0.192. The minimum atomic E-state index is -1.09. The lowest BCUT2D eigenvalue weighted by Crippen LogP contribution is -2.52. The first-order valence-corrected chi connectivity index (χ1v) is 11.9. The lowest BCUT2D eigenvalue weighted by Gasteiger charge is -2.33. The number of hydrogen-bond acceptors (Lipinski definition) is 6. The van der Waals surface area contributed by atoms with E-state index in [9.17, 15) is 14.7 Å². The molecule has 0 atom stereocenters. The maximum atomic E-state index is 12.7. The number of anilines is 3. The summed E-state index contributed by atoms with van der Waals surface area (Å²) in [7, 11) is 0. The maximum absolute atomic E-state index is 12.7. The Morgan fingerprint density at radius 2 is 1.89 bits per heavy atom. The van der Waals surface area contributed by atoms with E-state index in [-0.39, 0.29) is 25.5 Å². The standard InChI is InChI=1S/C26H21ClN6O3/c27-18-3-6-22-16(12-18)7-9-33(22)25-20-5-4-19(32-11-10-31(26(35)36)15-23(32)34)13-21(20)29-24(30-25)17-2-1-8-28-14-17/h1-6,8,12-14H,7,9-11,15H2,(H,35,36). The molecule has 0 unspecified atom stereocenters. The zero-order chi connectivity index (χ0) is 24.8. The average molecular weight is 501 g/mol. The number of aromatic nitrogens is 3. The summed E-state index contributed by atoms with van der Waals surface area (Å²) in [6, 6.07) is 15.3. The zero-order valence-electron chi connectivity index (χ0n) is 19.1. The van der Waals surface area contributed by atoms with Crippen LogP contribution < -0.4 is 9.80 Å².